The van der Waals surface area contributed by atoms with Crippen molar-refractivity contribution in [2.24, 2.45) is 0 Å². The third-order valence-corrected chi connectivity index (χ3v) is 13.2. The lowest BCUT2D eigenvalue weighted by Crippen LogP contribution is -2.46. The second-order valence-corrected chi connectivity index (χ2v) is 21.3. The van der Waals surface area contributed by atoms with Gasteiger partial charge in [0, 0.05) is 6.42 Å². The van der Waals surface area contributed by atoms with E-state index < -0.39 is 20.0 Å². The van der Waals surface area contributed by atoms with Gasteiger partial charge in [-0.05, 0) is 64.2 Å². The number of likely N-dealkylation sites (N-methyl/N-ethyl adjacent to an activating group) is 1. The van der Waals surface area contributed by atoms with Crippen molar-refractivity contribution < 1.29 is 32.9 Å². The predicted octanol–water partition coefficient (Wildman–Crippen LogP) is 16.1. The molecule has 0 aliphatic rings. The monoisotopic (exact) mass is 959 g/mol. The second-order valence-electron chi connectivity index (χ2n) is 19.9. The third kappa shape index (κ3) is 51.6. The number of allylic oxidation sites excluding steroid dienone is 12. The molecule has 1 amide bonds. The van der Waals surface area contributed by atoms with Crippen LogP contribution in [0.25, 0.3) is 0 Å². The molecule has 390 valence electrons. The maximum Gasteiger partial charge on any atom is 0.268 e. The highest BCUT2D eigenvalue weighted by Crippen LogP contribution is 2.38. The van der Waals surface area contributed by atoms with Crippen LogP contribution in [0.4, 0.5) is 0 Å². The SMILES string of the molecule is CC/C=C\C/C=C\C/C=C\C/C=C\C/C=C\C/C=C\CCCCCCC(=O)NC(COP(=O)([O-])OCC[N+](C)(C)C)C(O)CCCCCCCCCCCCCCCCCCCCCCCC. The first-order valence-corrected chi connectivity index (χ1v) is 29.2. The number of quaternary nitrogens is 1. The van der Waals surface area contributed by atoms with Crippen LogP contribution in [-0.4, -0.2) is 68.5 Å². The molecule has 0 radical (unpaired) electrons. The van der Waals surface area contributed by atoms with Crippen molar-refractivity contribution in [3.63, 3.8) is 0 Å². The highest BCUT2D eigenvalue weighted by atomic mass is 31.2. The summed E-state index contributed by atoms with van der Waals surface area (Å²) in [6, 6.07) is -0.820. The van der Waals surface area contributed by atoms with E-state index in [0.29, 0.717) is 23.9 Å². The van der Waals surface area contributed by atoms with Crippen LogP contribution in [0.5, 0.6) is 0 Å². The number of carbonyl (C=O) groups is 1. The molecule has 0 rings (SSSR count). The van der Waals surface area contributed by atoms with Crippen LogP contribution in [-0.2, 0) is 18.4 Å². The van der Waals surface area contributed by atoms with Crippen molar-refractivity contribution in [3.05, 3.63) is 72.9 Å². The Morgan fingerprint density at radius 1 is 0.537 bits per heavy atom. The molecule has 0 aromatic rings. The number of nitrogens with zero attached hydrogens (tertiary/aromatic N) is 1. The molecular weight excluding hydrogens is 852 g/mol. The van der Waals surface area contributed by atoms with Crippen molar-refractivity contribution in [3.8, 4) is 0 Å². The molecule has 0 saturated heterocycles. The predicted molar refractivity (Wildman–Crippen MR) is 288 cm³/mol. The maximum absolute atomic E-state index is 13.0. The average molecular weight is 959 g/mol. The number of hydrogen-bond acceptors (Lipinski definition) is 6. The van der Waals surface area contributed by atoms with Crippen molar-refractivity contribution in [2.45, 2.75) is 251 Å². The number of amides is 1. The Labute approximate surface area is 414 Å². The minimum atomic E-state index is -4.59. The molecule has 0 heterocycles. The molecule has 8 nitrogen and oxygen atoms in total. The van der Waals surface area contributed by atoms with Crippen LogP contribution >= 0.6 is 7.82 Å². The van der Waals surface area contributed by atoms with E-state index in [-0.39, 0.29) is 19.1 Å². The molecule has 0 aromatic heterocycles. The summed E-state index contributed by atoms with van der Waals surface area (Å²) >= 11 is 0. The van der Waals surface area contributed by atoms with E-state index in [1.807, 2.05) is 21.1 Å². The van der Waals surface area contributed by atoms with Crippen molar-refractivity contribution >= 4 is 13.7 Å². The number of rotatable bonds is 50. The zero-order chi connectivity index (χ0) is 49.2. The van der Waals surface area contributed by atoms with Crippen LogP contribution < -0.4 is 10.2 Å². The van der Waals surface area contributed by atoms with Crippen molar-refractivity contribution in [2.75, 3.05) is 40.9 Å². The summed E-state index contributed by atoms with van der Waals surface area (Å²) in [6.45, 7) is 4.60. The van der Waals surface area contributed by atoms with Gasteiger partial charge in [0.1, 0.15) is 13.2 Å². The van der Waals surface area contributed by atoms with Crippen LogP contribution in [0.3, 0.4) is 0 Å². The molecule has 2 N–H and O–H groups in total. The fourth-order valence-electron chi connectivity index (χ4n) is 7.87. The van der Waals surface area contributed by atoms with Crippen molar-refractivity contribution in [1.29, 1.82) is 0 Å². The molecule has 0 bridgehead atoms. The molecule has 0 saturated carbocycles. The fraction of sp³-hybridized carbons (Fsp3) is 0.776. The Morgan fingerprint density at radius 2 is 0.910 bits per heavy atom. The van der Waals surface area contributed by atoms with Crippen LogP contribution in [0, 0.1) is 0 Å². The molecule has 3 atom stereocenters. The van der Waals surface area contributed by atoms with Gasteiger partial charge in [0.05, 0.1) is 39.9 Å². The zero-order valence-electron chi connectivity index (χ0n) is 44.3. The van der Waals surface area contributed by atoms with Gasteiger partial charge in [-0.3, -0.25) is 9.36 Å². The average Bonchev–Trinajstić information content (AvgIpc) is 3.29. The molecule has 67 heavy (non-hydrogen) atoms. The molecule has 0 fully saturated rings. The normalized spacial score (nSPS) is 14.6. The Morgan fingerprint density at radius 3 is 1.33 bits per heavy atom. The number of carbonyl (C=O) groups excluding carboxylic acids is 1. The van der Waals surface area contributed by atoms with Gasteiger partial charge >= 0.3 is 0 Å². The number of phosphoric acid groups is 1. The summed E-state index contributed by atoms with van der Waals surface area (Å²) in [7, 11) is 1.28. The molecule has 9 heteroatoms. The lowest BCUT2D eigenvalue weighted by atomic mass is 10.0. The molecule has 0 aliphatic carbocycles. The topological polar surface area (TPSA) is 108 Å². The van der Waals surface area contributed by atoms with Gasteiger partial charge in [-0.25, -0.2) is 0 Å². The zero-order valence-corrected chi connectivity index (χ0v) is 45.2. The number of aliphatic hydroxyl groups excluding tert-OH is 1. The first-order chi connectivity index (χ1) is 32.5. The summed E-state index contributed by atoms with van der Waals surface area (Å²) in [4.78, 5) is 25.5. The number of nitrogens with one attached hydrogen (secondary N) is 1. The molecule has 0 aromatic carbocycles. The Balaban J connectivity index is 4.28. The van der Waals surface area contributed by atoms with Gasteiger partial charge < -0.3 is 28.8 Å². The van der Waals surface area contributed by atoms with E-state index in [4.69, 9.17) is 9.05 Å². The summed E-state index contributed by atoms with van der Waals surface area (Å²) < 4.78 is 23.4. The van der Waals surface area contributed by atoms with Gasteiger partial charge in [-0.15, -0.1) is 0 Å². The quantitative estimate of drug-likeness (QED) is 0.0272. The van der Waals surface area contributed by atoms with Crippen LogP contribution in [0.2, 0.25) is 0 Å². The lowest BCUT2D eigenvalue weighted by molar-refractivity contribution is -0.870. The van der Waals surface area contributed by atoms with Crippen LogP contribution in [0.15, 0.2) is 72.9 Å². The van der Waals surface area contributed by atoms with Gasteiger partial charge in [-0.1, -0.05) is 241 Å². The number of phosphoric ester groups is 1. The van der Waals surface area contributed by atoms with Gasteiger partial charge in [0.25, 0.3) is 7.82 Å². The highest BCUT2D eigenvalue weighted by Gasteiger charge is 2.24. The van der Waals surface area contributed by atoms with E-state index in [0.717, 1.165) is 89.9 Å². The molecule has 3 unspecified atom stereocenters. The Kier molecular flexibility index (Phi) is 47.4. The summed E-state index contributed by atoms with van der Waals surface area (Å²) in [6.07, 6.45) is 66.4. The Hall–Kier alpha value is -2.06. The fourth-order valence-corrected chi connectivity index (χ4v) is 8.59. The van der Waals surface area contributed by atoms with E-state index in [1.54, 1.807) is 0 Å². The minimum absolute atomic E-state index is 0.00340. The van der Waals surface area contributed by atoms with E-state index in [1.165, 1.54) is 122 Å². The molecule has 0 aliphatic heterocycles. The first-order valence-electron chi connectivity index (χ1n) is 27.8. The maximum atomic E-state index is 13.0. The summed E-state index contributed by atoms with van der Waals surface area (Å²) in [5.41, 5.74) is 0. The van der Waals surface area contributed by atoms with Crippen LogP contribution in [0.1, 0.15) is 239 Å². The van der Waals surface area contributed by atoms with Gasteiger partial charge in [0.15, 0.2) is 0 Å². The molecule has 0 spiro atoms. The highest BCUT2D eigenvalue weighted by molar-refractivity contribution is 7.45. The number of unbranched alkanes of at least 4 members (excludes halogenated alkanes) is 25. The first kappa shape index (κ1) is 64.9. The van der Waals surface area contributed by atoms with E-state index in [9.17, 15) is 19.4 Å². The van der Waals surface area contributed by atoms with Gasteiger partial charge in [0.2, 0.25) is 5.91 Å². The molecular formula is C58H107N2O6P. The summed E-state index contributed by atoms with van der Waals surface area (Å²) in [5, 5.41) is 14.0. The smallest absolute Gasteiger partial charge is 0.268 e. The lowest BCUT2D eigenvalue weighted by Gasteiger charge is -2.30. The van der Waals surface area contributed by atoms with E-state index in [2.05, 4.69) is 92.1 Å². The minimum Gasteiger partial charge on any atom is -0.756 e. The second kappa shape index (κ2) is 48.9. The number of aliphatic hydroxyl groups is 1. The Bertz CT molecular complexity index is 1320. The van der Waals surface area contributed by atoms with Gasteiger partial charge in [-0.2, -0.15) is 0 Å². The van der Waals surface area contributed by atoms with Crippen molar-refractivity contribution in [1.82, 2.24) is 5.32 Å². The largest absolute Gasteiger partial charge is 0.756 e. The standard InChI is InChI=1S/C58H107N2O6P/c1-6-8-10-12-14-16-18-20-22-24-26-28-30-32-34-36-38-40-42-44-46-48-50-52-58(62)59-56(55-66-67(63,64)65-54-53-60(3,4)5)57(61)51-49-47-45-43-41-39-37-35-33-31-29-27-25-23-21-19-17-15-13-11-9-7-2/h8,10,14,16,20,22,26,28,32,34,38,40,56-57,61H,6-7,9,11-13,15,17-19,21,23-25,27,29-31,33,35-37,39,41-55H2,1-5H3,(H-,59,62,63,64)/b10-8-,16-14-,22-20-,28-26-,34-32-,40-38-. The number of hydrogen-bond donors (Lipinski definition) is 2. The third-order valence-electron chi connectivity index (χ3n) is 12.2. The van der Waals surface area contributed by atoms with E-state index >= 15 is 0 Å². The summed E-state index contributed by atoms with van der Waals surface area (Å²) in [5.74, 6) is -0.189.